The highest BCUT2D eigenvalue weighted by atomic mass is 32.2. The first-order valence-corrected chi connectivity index (χ1v) is 8.43. The summed E-state index contributed by atoms with van der Waals surface area (Å²) < 4.78 is 0. The Morgan fingerprint density at radius 3 is 2.62 bits per heavy atom. The fraction of sp³-hybridized carbons (Fsp3) is 0.500. The van der Waals surface area contributed by atoms with Gasteiger partial charge in [-0.1, -0.05) is 30.7 Å². The molecule has 21 heavy (non-hydrogen) atoms. The predicted molar refractivity (Wildman–Crippen MR) is 82.2 cm³/mol. The van der Waals surface area contributed by atoms with Crippen LogP contribution in [0.15, 0.2) is 24.3 Å². The lowest BCUT2D eigenvalue weighted by Crippen LogP contribution is -2.51. The molecule has 2 atom stereocenters. The first-order valence-electron chi connectivity index (χ1n) is 7.38. The Morgan fingerprint density at radius 2 is 1.95 bits per heavy atom. The van der Waals surface area contributed by atoms with E-state index in [9.17, 15) is 14.7 Å². The number of hydrogen-bond donors (Lipinski definition) is 1. The highest BCUT2D eigenvalue weighted by molar-refractivity contribution is 8.00. The van der Waals surface area contributed by atoms with Gasteiger partial charge >= 0.3 is 5.97 Å². The summed E-state index contributed by atoms with van der Waals surface area (Å²) in [5.74, 6) is 0.0961. The van der Waals surface area contributed by atoms with Crippen LogP contribution in [-0.4, -0.2) is 38.9 Å². The van der Waals surface area contributed by atoms with E-state index in [1.807, 2.05) is 24.3 Å². The van der Waals surface area contributed by atoms with Crippen molar-refractivity contribution in [1.29, 1.82) is 0 Å². The number of carboxylic acid groups (broad SMARTS) is 1. The van der Waals surface area contributed by atoms with Crippen LogP contribution in [0.4, 0.5) is 0 Å². The van der Waals surface area contributed by atoms with E-state index in [4.69, 9.17) is 0 Å². The van der Waals surface area contributed by atoms with Gasteiger partial charge in [0.25, 0.3) is 0 Å². The summed E-state index contributed by atoms with van der Waals surface area (Å²) >= 11 is 1.68. The summed E-state index contributed by atoms with van der Waals surface area (Å²) in [5, 5.41) is 9.42. The lowest BCUT2D eigenvalue weighted by molar-refractivity contribution is -0.151. The smallest absolute Gasteiger partial charge is 0.326 e. The van der Waals surface area contributed by atoms with Gasteiger partial charge in [-0.3, -0.25) is 4.79 Å². The minimum Gasteiger partial charge on any atom is -0.480 e. The number of rotatable bonds is 2. The van der Waals surface area contributed by atoms with Gasteiger partial charge < -0.3 is 10.0 Å². The molecule has 0 saturated carbocycles. The molecule has 2 aliphatic rings. The summed E-state index contributed by atoms with van der Waals surface area (Å²) in [6, 6.07) is 7.09. The molecular formula is C16H19NO3S. The molecule has 0 spiro atoms. The van der Waals surface area contributed by atoms with Crippen LogP contribution in [0.2, 0.25) is 0 Å². The summed E-state index contributed by atoms with van der Waals surface area (Å²) in [5.41, 5.74) is 2.12. The molecule has 4 nitrogen and oxygen atoms in total. The van der Waals surface area contributed by atoms with Crippen LogP contribution in [0, 0.1) is 0 Å². The first-order chi connectivity index (χ1) is 10.2. The van der Waals surface area contributed by atoms with Crippen molar-refractivity contribution in [3.05, 3.63) is 35.4 Å². The van der Waals surface area contributed by atoms with E-state index >= 15 is 0 Å². The van der Waals surface area contributed by atoms with Gasteiger partial charge in [0.1, 0.15) is 6.04 Å². The van der Waals surface area contributed by atoms with E-state index in [0.717, 1.165) is 36.1 Å². The molecule has 3 rings (SSSR count). The van der Waals surface area contributed by atoms with Crippen LogP contribution in [0.25, 0.3) is 0 Å². The van der Waals surface area contributed by atoms with Gasteiger partial charge in [-0.05, 0) is 29.7 Å². The molecule has 1 amide bonds. The Hall–Kier alpha value is -1.49. The molecule has 2 heterocycles. The molecule has 0 radical (unpaired) electrons. The highest BCUT2D eigenvalue weighted by Crippen LogP contribution is 2.30. The minimum atomic E-state index is -0.904. The number of benzene rings is 1. The van der Waals surface area contributed by atoms with E-state index in [-0.39, 0.29) is 11.2 Å². The Morgan fingerprint density at radius 1 is 1.19 bits per heavy atom. The van der Waals surface area contributed by atoms with Gasteiger partial charge in [-0.25, -0.2) is 4.79 Å². The second kappa shape index (κ2) is 6.10. The summed E-state index contributed by atoms with van der Waals surface area (Å²) in [6.45, 7) is 0.420. The molecule has 0 aromatic heterocycles. The average Bonchev–Trinajstić information content (AvgIpc) is 2.53. The molecule has 1 unspecified atom stereocenters. The zero-order valence-electron chi connectivity index (χ0n) is 11.8. The van der Waals surface area contributed by atoms with Crippen molar-refractivity contribution in [2.24, 2.45) is 0 Å². The van der Waals surface area contributed by atoms with Crippen LogP contribution in [0.5, 0.6) is 0 Å². The number of hydrogen-bond acceptors (Lipinski definition) is 3. The minimum absolute atomic E-state index is 0.00148. The van der Waals surface area contributed by atoms with Gasteiger partial charge in [0.2, 0.25) is 5.91 Å². The maximum Gasteiger partial charge on any atom is 0.326 e. The molecule has 1 N–H and O–H groups in total. The molecule has 1 saturated heterocycles. The van der Waals surface area contributed by atoms with E-state index < -0.39 is 12.0 Å². The summed E-state index contributed by atoms with van der Waals surface area (Å²) in [6.07, 6.45) is 3.49. The molecule has 0 aliphatic carbocycles. The van der Waals surface area contributed by atoms with Gasteiger partial charge in [-0.15, -0.1) is 11.8 Å². The third kappa shape index (κ3) is 2.93. The monoisotopic (exact) mass is 305 g/mol. The van der Waals surface area contributed by atoms with Crippen molar-refractivity contribution in [2.45, 2.75) is 43.5 Å². The Bertz CT molecular complexity index is 554. The molecule has 0 bridgehead atoms. The Kier molecular flexibility index (Phi) is 4.19. The molecular weight excluding hydrogens is 286 g/mol. The summed E-state index contributed by atoms with van der Waals surface area (Å²) in [4.78, 5) is 25.9. The number of carboxylic acids is 1. The van der Waals surface area contributed by atoms with E-state index in [0.29, 0.717) is 13.0 Å². The van der Waals surface area contributed by atoms with Crippen molar-refractivity contribution in [1.82, 2.24) is 4.90 Å². The van der Waals surface area contributed by atoms with Crippen molar-refractivity contribution in [2.75, 3.05) is 5.75 Å². The topological polar surface area (TPSA) is 57.6 Å². The van der Waals surface area contributed by atoms with Crippen LogP contribution in [-0.2, 0) is 22.6 Å². The van der Waals surface area contributed by atoms with Crippen LogP contribution in [0.1, 0.15) is 30.4 Å². The summed E-state index contributed by atoms with van der Waals surface area (Å²) in [7, 11) is 0. The van der Waals surface area contributed by atoms with Crippen molar-refractivity contribution < 1.29 is 14.7 Å². The molecule has 5 heteroatoms. The van der Waals surface area contributed by atoms with Gasteiger partial charge in [-0.2, -0.15) is 0 Å². The first kappa shape index (κ1) is 14.4. The number of fused-ring (bicyclic) bond motifs is 1. The van der Waals surface area contributed by atoms with Gasteiger partial charge in [0.15, 0.2) is 0 Å². The second-order valence-electron chi connectivity index (χ2n) is 5.65. The van der Waals surface area contributed by atoms with Crippen molar-refractivity contribution >= 4 is 23.6 Å². The van der Waals surface area contributed by atoms with Gasteiger partial charge in [0.05, 0.1) is 5.25 Å². The zero-order valence-corrected chi connectivity index (χ0v) is 12.6. The Labute approximate surface area is 128 Å². The molecule has 112 valence electrons. The molecule has 1 aromatic rings. The highest BCUT2D eigenvalue weighted by Gasteiger charge is 2.37. The van der Waals surface area contributed by atoms with E-state index in [1.54, 1.807) is 16.7 Å². The number of thioether (sulfide) groups is 1. The van der Waals surface area contributed by atoms with Crippen LogP contribution < -0.4 is 0 Å². The molecule has 2 aliphatic heterocycles. The third-order valence-corrected chi connectivity index (χ3v) is 5.64. The van der Waals surface area contributed by atoms with E-state index in [1.165, 1.54) is 0 Å². The lowest BCUT2D eigenvalue weighted by atomic mass is 9.93. The quantitative estimate of drug-likeness (QED) is 0.911. The fourth-order valence-electron chi connectivity index (χ4n) is 3.10. The molecule has 1 aromatic carbocycles. The maximum absolute atomic E-state index is 12.7. The Balaban J connectivity index is 1.85. The van der Waals surface area contributed by atoms with Crippen LogP contribution in [0.3, 0.4) is 0 Å². The average molecular weight is 305 g/mol. The number of amides is 1. The second-order valence-corrected chi connectivity index (χ2v) is 6.96. The number of nitrogens with zero attached hydrogens (tertiary/aromatic N) is 1. The SMILES string of the molecule is O=C(O)[C@@H]1Cc2ccccc2CN1C(=O)C1CCCCS1. The predicted octanol–water partition coefficient (Wildman–Crippen LogP) is 2.31. The third-order valence-electron chi connectivity index (χ3n) is 4.27. The number of carbonyl (C=O) groups is 2. The lowest BCUT2D eigenvalue weighted by Gasteiger charge is -2.37. The number of aliphatic carboxylic acids is 1. The standard InChI is InChI=1S/C16H19NO3S/c18-15(14-7-3-4-8-21-14)17-10-12-6-2-1-5-11(12)9-13(17)16(19)20/h1-2,5-6,13-14H,3-4,7-10H2,(H,19,20)/t13-,14?/m0/s1. The van der Waals surface area contributed by atoms with Crippen molar-refractivity contribution in [3.8, 4) is 0 Å². The van der Waals surface area contributed by atoms with E-state index in [2.05, 4.69) is 0 Å². The molecule has 1 fully saturated rings. The van der Waals surface area contributed by atoms with Crippen molar-refractivity contribution in [3.63, 3.8) is 0 Å². The van der Waals surface area contributed by atoms with Gasteiger partial charge in [0, 0.05) is 13.0 Å². The number of carbonyl (C=O) groups excluding carboxylic acids is 1. The fourth-order valence-corrected chi connectivity index (χ4v) is 4.36. The zero-order chi connectivity index (χ0) is 14.8. The normalized spacial score (nSPS) is 25.2. The maximum atomic E-state index is 12.7. The van der Waals surface area contributed by atoms with Crippen LogP contribution >= 0.6 is 11.8 Å². The largest absolute Gasteiger partial charge is 0.480 e.